The van der Waals surface area contributed by atoms with Crippen molar-refractivity contribution in [1.29, 1.82) is 0 Å². The van der Waals surface area contributed by atoms with Gasteiger partial charge in [0.05, 0.1) is 17.0 Å². The van der Waals surface area contributed by atoms with Gasteiger partial charge in [-0.2, -0.15) is 0 Å². The number of benzene rings is 3. The lowest BCUT2D eigenvalue weighted by molar-refractivity contribution is 0.0714. The number of hydrogen-bond donors (Lipinski definition) is 0. The first-order valence-electron chi connectivity index (χ1n) is 10.6. The first kappa shape index (κ1) is 19.3. The summed E-state index contributed by atoms with van der Waals surface area (Å²) >= 11 is 0. The molecule has 3 aromatic carbocycles. The Labute approximate surface area is 180 Å². The molecule has 0 saturated heterocycles. The van der Waals surface area contributed by atoms with Crippen LogP contribution in [0.1, 0.15) is 51.3 Å². The summed E-state index contributed by atoms with van der Waals surface area (Å²) in [5, 5.41) is 0.501. The number of para-hydroxylation sites is 1. The monoisotopic (exact) mass is 409 g/mol. The zero-order chi connectivity index (χ0) is 21.5. The van der Waals surface area contributed by atoms with E-state index in [0.29, 0.717) is 23.1 Å². The van der Waals surface area contributed by atoms with Crippen LogP contribution in [-0.2, 0) is 13.0 Å². The Morgan fingerprint density at radius 1 is 0.871 bits per heavy atom. The molecule has 1 amide bonds. The summed E-state index contributed by atoms with van der Waals surface area (Å²) in [6, 6.07) is 22.9. The Bertz CT molecular complexity index is 1330. The zero-order valence-corrected chi connectivity index (χ0v) is 17.6. The second-order valence-corrected chi connectivity index (χ2v) is 8.09. The molecule has 0 saturated carbocycles. The maximum Gasteiger partial charge on any atom is 0.291 e. The highest BCUT2D eigenvalue weighted by Gasteiger charge is 2.42. The molecule has 2 heterocycles. The normalized spacial score (nSPS) is 15.5. The van der Waals surface area contributed by atoms with Crippen molar-refractivity contribution in [3.05, 3.63) is 117 Å². The van der Waals surface area contributed by atoms with Gasteiger partial charge in [0.2, 0.25) is 5.76 Å². The maximum absolute atomic E-state index is 13.5. The Morgan fingerprint density at radius 2 is 1.55 bits per heavy atom. The number of fused-ring (bicyclic) bond motifs is 2. The molecule has 4 nitrogen and oxygen atoms in total. The molecule has 1 aliphatic rings. The van der Waals surface area contributed by atoms with Crippen LogP contribution in [0.3, 0.4) is 0 Å². The van der Waals surface area contributed by atoms with E-state index in [1.165, 1.54) is 5.56 Å². The summed E-state index contributed by atoms with van der Waals surface area (Å²) in [5.74, 6) is -0.0941. The number of carbonyl (C=O) groups is 1. The molecule has 1 atom stereocenters. The van der Waals surface area contributed by atoms with Gasteiger partial charge in [-0.05, 0) is 42.2 Å². The number of aryl methyl sites for hydroxylation is 2. The Hall–Kier alpha value is -3.66. The van der Waals surface area contributed by atoms with E-state index in [9.17, 15) is 9.59 Å². The number of amides is 1. The van der Waals surface area contributed by atoms with Crippen LogP contribution >= 0.6 is 0 Å². The quantitative estimate of drug-likeness (QED) is 0.453. The molecule has 0 fully saturated rings. The van der Waals surface area contributed by atoms with Gasteiger partial charge >= 0.3 is 0 Å². The summed E-state index contributed by atoms with van der Waals surface area (Å²) in [4.78, 5) is 28.7. The van der Waals surface area contributed by atoms with E-state index in [-0.39, 0.29) is 17.1 Å². The average Bonchev–Trinajstić information content (AvgIpc) is 3.07. The third kappa shape index (κ3) is 3.25. The number of carbonyl (C=O) groups excluding carboxylic acids is 1. The lowest BCUT2D eigenvalue weighted by Gasteiger charge is -2.25. The molecule has 0 spiro atoms. The van der Waals surface area contributed by atoms with Crippen molar-refractivity contribution >= 4 is 16.9 Å². The predicted molar refractivity (Wildman–Crippen MR) is 121 cm³/mol. The van der Waals surface area contributed by atoms with E-state index in [0.717, 1.165) is 23.1 Å². The Balaban J connectivity index is 1.69. The highest BCUT2D eigenvalue weighted by Crippen LogP contribution is 2.39. The van der Waals surface area contributed by atoms with Gasteiger partial charge in [-0.3, -0.25) is 9.59 Å². The molecule has 1 aromatic heterocycles. The lowest BCUT2D eigenvalue weighted by Crippen LogP contribution is -2.29. The Kier molecular flexibility index (Phi) is 4.70. The summed E-state index contributed by atoms with van der Waals surface area (Å²) < 4.78 is 5.99. The fourth-order valence-electron chi connectivity index (χ4n) is 4.30. The van der Waals surface area contributed by atoms with Crippen LogP contribution in [0.25, 0.3) is 11.0 Å². The van der Waals surface area contributed by atoms with E-state index in [2.05, 4.69) is 19.1 Å². The number of rotatable bonds is 4. The molecule has 31 heavy (non-hydrogen) atoms. The summed E-state index contributed by atoms with van der Waals surface area (Å²) in [6.45, 7) is 4.54. The maximum atomic E-state index is 13.5. The molecule has 0 N–H and O–H groups in total. The van der Waals surface area contributed by atoms with Gasteiger partial charge in [0, 0.05) is 6.54 Å². The van der Waals surface area contributed by atoms with Crippen molar-refractivity contribution in [2.75, 3.05) is 0 Å². The highest BCUT2D eigenvalue weighted by atomic mass is 16.3. The van der Waals surface area contributed by atoms with Crippen molar-refractivity contribution in [3.63, 3.8) is 0 Å². The van der Waals surface area contributed by atoms with Gasteiger partial charge in [-0.1, -0.05) is 73.2 Å². The summed E-state index contributed by atoms with van der Waals surface area (Å²) in [5.41, 5.74) is 5.04. The van der Waals surface area contributed by atoms with Gasteiger partial charge in [0.1, 0.15) is 5.58 Å². The smallest absolute Gasteiger partial charge is 0.291 e. The number of hydrogen-bond acceptors (Lipinski definition) is 3. The molecule has 4 heteroatoms. The minimum atomic E-state index is -0.476. The minimum absolute atomic E-state index is 0.138. The molecule has 5 rings (SSSR count). The Morgan fingerprint density at radius 3 is 2.26 bits per heavy atom. The summed E-state index contributed by atoms with van der Waals surface area (Å²) in [7, 11) is 0. The van der Waals surface area contributed by atoms with Crippen molar-refractivity contribution in [2.24, 2.45) is 0 Å². The minimum Gasteiger partial charge on any atom is -0.450 e. The molecule has 154 valence electrons. The van der Waals surface area contributed by atoms with Gasteiger partial charge in [0.15, 0.2) is 5.43 Å². The zero-order valence-electron chi connectivity index (χ0n) is 17.6. The molecule has 4 aromatic rings. The average molecular weight is 409 g/mol. The van der Waals surface area contributed by atoms with Gasteiger partial charge < -0.3 is 9.32 Å². The van der Waals surface area contributed by atoms with E-state index in [4.69, 9.17) is 4.42 Å². The van der Waals surface area contributed by atoms with E-state index >= 15 is 0 Å². The van der Waals surface area contributed by atoms with Crippen molar-refractivity contribution in [1.82, 2.24) is 4.90 Å². The van der Waals surface area contributed by atoms with E-state index < -0.39 is 6.04 Å². The molecule has 0 bridgehead atoms. The molecule has 0 aliphatic carbocycles. The van der Waals surface area contributed by atoms with Crippen LogP contribution in [0.15, 0.2) is 82.0 Å². The van der Waals surface area contributed by atoms with Gasteiger partial charge in [0.25, 0.3) is 5.91 Å². The lowest BCUT2D eigenvalue weighted by atomic mass is 9.97. The molecule has 1 unspecified atom stereocenters. The third-order valence-corrected chi connectivity index (χ3v) is 6.05. The van der Waals surface area contributed by atoms with Crippen molar-refractivity contribution in [2.45, 2.75) is 32.9 Å². The van der Waals surface area contributed by atoms with E-state index in [1.54, 1.807) is 17.0 Å². The van der Waals surface area contributed by atoms with Crippen LogP contribution in [-0.4, -0.2) is 10.8 Å². The van der Waals surface area contributed by atoms with Gasteiger partial charge in [-0.15, -0.1) is 0 Å². The van der Waals surface area contributed by atoms with Gasteiger partial charge in [-0.25, -0.2) is 0 Å². The molecule has 1 aliphatic heterocycles. The van der Waals surface area contributed by atoms with Crippen molar-refractivity contribution < 1.29 is 9.21 Å². The third-order valence-electron chi connectivity index (χ3n) is 6.05. The molecular weight excluding hydrogens is 386 g/mol. The van der Waals surface area contributed by atoms with E-state index in [1.807, 2.05) is 55.5 Å². The predicted octanol–water partition coefficient (Wildman–Crippen LogP) is 5.41. The topological polar surface area (TPSA) is 50.5 Å². The fourth-order valence-corrected chi connectivity index (χ4v) is 4.30. The van der Waals surface area contributed by atoms with Crippen LogP contribution < -0.4 is 5.43 Å². The molecule has 0 radical (unpaired) electrons. The SMILES string of the molecule is CCc1ccc(C2c3c(oc4ccccc4c3=O)C(=O)N2Cc2ccc(C)cc2)cc1. The largest absolute Gasteiger partial charge is 0.450 e. The standard InChI is InChI=1S/C27H23NO3/c1-3-18-12-14-20(15-13-18)24-23-25(29)21-6-4-5-7-22(21)31-26(23)27(30)28(24)16-19-10-8-17(2)9-11-19/h4-15,24H,3,16H2,1-2H3. The second-order valence-electron chi connectivity index (χ2n) is 8.09. The van der Waals surface area contributed by atoms with Crippen molar-refractivity contribution in [3.8, 4) is 0 Å². The van der Waals surface area contributed by atoms with Crippen LogP contribution in [0.4, 0.5) is 0 Å². The second kappa shape index (κ2) is 7.55. The van der Waals surface area contributed by atoms with Crippen LogP contribution in [0.5, 0.6) is 0 Å². The van der Waals surface area contributed by atoms with Crippen LogP contribution in [0.2, 0.25) is 0 Å². The van der Waals surface area contributed by atoms with Crippen LogP contribution in [0, 0.1) is 6.92 Å². The first-order chi connectivity index (χ1) is 15.1. The fraction of sp³-hybridized carbons (Fsp3) is 0.185. The first-order valence-corrected chi connectivity index (χ1v) is 10.6. The molecular formula is C27H23NO3. The summed E-state index contributed by atoms with van der Waals surface area (Å²) in [6.07, 6.45) is 0.931. The number of nitrogens with zero attached hydrogens (tertiary/aromatic N) is 1. The highest BCUT2D eigenvalue weighted by molar-refractivity contribution is 5.99.